The van der Waals surface area contributed by atoms with E-state index in [1.807, 2.05) is 37.3 Å². The Labute approximate surface area is 77.7 Å². The smallest absolute Gasteiger partial charge is 0.160 e. The first-order valence-corrected chi connectivity index (χ1v) is 4.27. The first-order valence-electron chi connectivity index (χ1n) is 4.27. The maximum atomic E-state index is 10.8. The summed E-state index contributed by atoms with van der Waals surface area (Å²) in [4.78, 5) is 15.8. The lowest BCUT2D eigenvalue weighted by Gasteiger charge is -2.04. The van der Waals surface area contributed by atoms with Gasteiger partial charge in [0.25, 0.3) is 0 Å². The van der Waals surface area contributed by atoms with Crippen LogP contribution >= 0.6 is 0 Å². The van der Waals surface area contributed by atoms with Crippen molar-refractivity contribution in [3.63, 3.8) is 0 Å². The number of nitrogens with one attached hydrogen (secondary N) is 1. The molecule has 0 aliphatic heterocycles. The molecule has 0 bridgehead atoms. The summed E-state index contributed by atoms with van der Waals surface area (Å²) in [5.74, 6) is 0.0865. The SMILES string of the molecule is CCC(=O)CONc1ccccc1. The third kappa shape index (κ3) is 3.71. The average Bonchev–Trinajstić information content (AvgIpc) is 2.19. The minimum atomic E-state index is 0.0865. The second kappa shape index (κ2) is 5.32. The topological polar surface area (TPSA) is 38.3 Å². The summed E-state index contributed by atoms with van der Waals surface area (Å²) in [5, 5.41) is 0. The maximum Gasteiger partial charge on any atom is 0.160 e. The Morgan fingerprint density at radius 2 is 2.08 bits per heavy atom. The Morgan fingerprint density at radius 1 is 1.38 bits per heavy atom. The highest BCUT2D eigenvalue weighted by atomic mass is 16.6. The first kappa shape index (κ1) is 9.74. The fraction of sp³-hybridized carbons (Fsp3) is 0.300. The molecule has 0 radical (unpaired) electrons. The monoisotopic (exact) mass is 179 g/mol. The van der Waals surface area contributed by atoms with Gasteiger partial charge in [-0.1, -0.05) is 25.1 Å². The lowest BCUT2D eigenvalue weighted by Crippen LogP contribution is -2.11. The normalized spacial score (nSPS) is 9.62. The molecule has 0 saturated heterocycles. The fourth-order valence-electron chi connectivity index (χ4n) is 0.808. The van der Waals surface area contributed by atoms with Crippen LogP contribution in [0.2, 0.25) is 0 Å². The van der Waals surface area contributed by atoms with Crippen molar-refractivity contribution in [2.24, 2.45) is 0 Å². The van der Waals surface area contributed by atoms with Gasteiger partial charge in [0.2, 0.25) is 0 Å². The van der Waals surface area contributed by atoms with Crippen molar-refractivity contribution in [2.75, 3.05) is 12.1 Å². The number of anilines is 1. The molecule has 0 aromatic heterocycles. The van der Waals surface area contributed by atoms with E-state index in [1.54, 1.807) is 0 Å². The number of hydrogen-bond donors (Lipinski definition) is 1. The molecule has 0 aliphatic carbocycles. The van der Waals surface area contributed by atoms with Gasteiger partial charge in [0, 0.05) is 6.42 Å². The quantitative estimate of drug-likeness (QED) is 0.702. The lowest BCUT2D eigenvalue weighted by molar-refractivity contribution is -0.122. The van der Waals surface area contributed by atoms with Crippen LogP contribution in [0.1, 0.15) is 13.3 Å². The first-order chi connectivity index (χ1) is 6.33. The molecule has 1 aromatic carbocycles. The summed E-state index contributed by atoms with van der Waals surface area (Å²) in [6.07, 6.45) is 0.510. The summed E-state index contributed by atoms with van der Waals surface area (Å²) in [5.41, 5.74) is 3.54. The summed E-state index contributed by atoms with van der Waals surface area (Å²) in [6.45, 7) is 1.93. The highest BCUT2D eigenvalue weighted by Gasteiger charge is 1.97. The standard InChI is InChI=1S/C10H13NO2/c1-2-10(12)8-13-11-9-6-4-3-5-7-9/h3-7,11H,2,8H2,1H3. The number of ketones is 1. The highest BCUT2D eigenvalue weighted by molar-refractivity contribution is 5.79. The third-order valence-corrected chi connectivity index (χ3v) is 1.59. The van der Waals surface area contributed by atoms with Crippen LogP contribution in [0, 0.1) is 0 Å². The molecule has 0 aliphatic rings. The van der Waals surface area contributed by atoms with E-state index in [-0.39, 0.29) is 12.4 Å². The van der Waals surface area contributed by atoms with E-state index in [0.29, 0.717) is 6.42 Å². The van der Waals surface area contributed by atoms with E-state index in [9.17, 15) is 4.79 Å². The van der Waals surface area contributed by atoms with Gasteiger partial charge in [-0.2, -0.15) is 0 Å². The molecular formula is C10H13NO2. The van der Waals surface area contributed by atoms with E-state index in [2.05, 4.69) is 5.48 Å². The van der Waals surface area contributed by atoms with Crippen molar-refractivity contribution >= 4 is 11.5 Å². The van der Waals surface area contributed by atoms with Gasteiger partial charge in [0.15, 0.2) is 5.78 Å². The Balaban J connectivity index is 2.24. The van der Waals surface area contributed by atoms with Crippen LogP contribution in [0.3, 0.4) is 0 Å². The average molecular weight is 179 g/mol. The summed E-state index contributed by atoms with van der Waals surface area (Å²) < 4.78 is 0. The molecule has 70 valence electrons. The molecule has 0 atom stereocenters. The van der Waals surface area contributed by atoms with Crippen LogP contribution in [0.25, 0.3) is 0 Å². The van der Waals surface area contributed by atoms with Crippen LogP contribution in [-0.4, -0.2) is 12.4 Å². The molecule has 3 nitrogen and oxygen atoms in total. The molecule has 0 spiro atoms. The number of rotatable bonds is 5. The number of carbonyl (C=O) groups excluding carboxylic acids is 1. The Kier molecular flexibility index (Phi) is 3.99. The Hall–Kier alpha value is -1.35. The molecule has 1 rings (SSSR count). The van der Waals surface area contributed by atoms with Crippen LogP contribution in [0.4, 0.5) is 5.69 Å². The van der Waals surface area contributed by atoms with Gasteiger partial charge in [0.05, 0.1) is 5.69 Å². The van der Waals surface area contributed by atoms with Crippen molar-refractivity contribution in [3.05, 3.63) is 30.3 Å². The summed E-state index contributed by atoms with van der Waals surface area (Å²) >= 11 is 0. The van der Waals surface area contributed by atoms with Gasteiger partial charge in [-0.05, 0) is 12.1 Å². The number of Topliss-reactive ketones (excluding diaryl/α,β-unsaturated/α-hetero) is 1. The highest BCUT2D eigenvalue weighted by Crippen LogP contribution is 2.04. The molecule has 0 amide bonds. The molecule has 0 saturated carbocycles. The van der Waals surface area contributed by atoms with Crippen molar-refractivity contribution in [1.29, 1.82) is 0 Å². The zero-order valence-corrected chi connectivity index (χ0v) is 7.62. The van der Waals surface area contributed by atoms with Gasteiger partial charge in [-0.25, -0.2) is 0 Å². The number of hydrogen-bond acceptors (Lipinski definition) is 3. The molecule has 13 heavy (non-hydrogen) atoms. The largest absolute Gasteiger partial charge is 0.297 e. The number of para-hydroxylation sites is 1. The van der Waals surface area contributed by atoms with Gasteiger partial charge in [-0.3, -0.25) is 15.1 Å². The Morgan fingerprint density at radius 3 is 2.69 bits per heavy atom. The summed E-state index contributed by atoms with van der Waals surface area (Å²) in [7, 11) is 0. The molecular weight excluding hydrogens is 166 g/mol. The second-order valence-electron chi connectivity index (χ2n) is 2.65. The van der Waals surface area contributed by atoms with Gasteiger partial charge >= 0.3 is 0 Å². The molecule has 3 heteroatoms. The van der Waals surface area contributed by atoms with Gasteiger partial charge in [0.1, 0.15) is 6.61 Å². The Bertz CT molecular complexity index is 259. The molecule has 0 heterocycles. The molecule has 1 N–H and O–H groups in total. The second-order valence-corrected chi connectivity index (χ2v) is 2.65. The van der Waals surface area contributed by atoms with E-state index >= 15 is 0 Å². The van der Waals surface area contributed by atoms with Crippen LogP contribution in [-0.2, 0) is 9.63 Å². The predicted octanol–water partition coefficient (Wildman–Crippen LogP) is 2.01. The molecule has 0 unspecified atom stereocenters. The van der Waals surface area contributed by atoms with Crippen LogP contribution in [0.15, 0.2) is 30.3 Å². The third-order valence-electron chi connectivity index (χ3n) is 1.59. The van der Waals surface area contributed by atoms with Crippen LogP contribution in [0.5, 0.6) is 0 Å². The van der Waals surface area contributed by atoms with Crippen molar-refractivity contribution in [2.45, 2.75) is 13.3 Å². The van der Waals surface area contributed by atoms with Crippen molar-refractivity contribution in [3.8, 4) is 0 Å². The zero-order chi connectivity index (χ0) is 9.52. The number of carbonyl (C=O) groups is 1. The van der Waals surface area contributed by atoms with E-state index < -0.39 is 0 Å². The summed E-state index contributed by atoms with van der Waals surface area (Å²) in [6, 6.07) is 9.45. The predicted molar refractivity (Wildman–Crippen MR) is 51.3 cm³/mol. The minimum Gasteiger partial charge on any atom is -0.297 e. The van der Waals surface area contributed by atoms with Crippen molar-refractivity contribution < 1.29 is 9.63 Å². The van der Waals surface area contributed by atoms with E-state index in [1.165, 1.54) is 0 Å². The lowest BCUT2D eigenvalue weighted by atomic mass is 10.3. The van der Waals surface area contributed by atoms with E-state index in [4.69, 9.17) is 4.84 Å². The van der Waals surface area contributed by atoms with Crippen LogP contribution < -0.4 is 5.48 Å². The van der Waals surface area contributed by atoms with Crippen molar-refractivity contribution in [1.82, 2.24) is 0 Å². The van der Waals surface area contributed by atoms with Gasteiger partial charge in [-0.15, -0.1) is 0 Å². The molecule has 0 fully saturated rings. The number of benzene rings is 1. The van der Waals surface area contributed by atoms with Gasteiger partial charge < -0.3 is 0 Å². The van der Waals surface area contributed by atoms with E-state index in [0.717, 1.165) is 5.69 Å². The fourth-order valence-corrected chi connectivity index (χ4v) is 0.808. The zero-order valence-electron chi connectivity index (χ0n) is 7.62. The molecule has 1 aromatic rings. The maximum absolute atomic E-state index is 10.8. The minimum absolute atomic E-state index is 0.0865.